The number of nitrogens with zero attached hydrogens (tertiary/aromatic N) is 1. The van der Waals surface area contributed by atoms with Crippen LogP contribution in [0.25, 0.3) is 0 Å². The number of carbonyl (C=O) groups excluding carboxylic acids is 2. The van der Waals surface area contributed by atoms with Gasteiger partial charge >= 0.3 is 6.18 Å². The predicted octanol–water partition coefficient (Wildman–Crippen LogP) is 3.08. The highest BCUT2D eigenvalue weighted by atomic mass is 32.2. The van der Waals surface area contributed by atoms with E-state index in [1.54, 1.807) is 18.2 Å². The summed E-state index contributed by atoms with van der Waals surface area (Å²) < 4.78 is 64.5. The average molecular weight is 488 g/mol. The molecule has 0 spiro atoms. The number of alkyl halides is 3. The van der Waals surface area contributed by atoms with Crippen molar-refractivity contribution in [1.82, 2.24) is 9.62 Å². The van der Waals surface area contributed by atoms with Gasteiger partial charge in [-0.3, -0.25) is 9.59 Å². The van der Waals surface area contributed by atoms with Gasteiger partial charge in [-0.25, -0.2) is 12.7 Å². The summed E-state index contributed by atoms with van der Waals surface area (Å²) >= 11 is 1.00. The van der Waals surface area contributed by atoms with Gasteiger partial charge in [0.1, 0.15) is 0 Å². The fraction of sp³-hybridized carbons (Fsp3) is 0.300. The molecule has 0 fully saturated rings. The highest BCUT2D eigenvalue weighted by Gasteiger charge is 2.34. The third-order valence-electron chi connectivity index (χ3n) is 4.70. The van der Waals surface area contributed by atoms with Gasteiger partial charge in [0.15, 0.2) is 0 Å². The van der Waals surface area contributed by atoms with Crippen LogP contribution in [0.3, 0.4) is 0 Å². The zero-order chi connectivity index (χ0) is 23.7. The van der Waals surface area contributed by atoms with Gasteiger partial charge in [-0.2, -0.15) is 13.2 Å². The van der Waals surface area contributed by atoms with Crippen molar-refractivity contribution in [3.8, 4) is 0 Å². The molecule has 2 aromatic rings. The van der Waals surface area contributed by atoms with Crippen LogP contribution in [-0.2, 0) is 32.3 Å². The van der Waals surface area contributed by atoms with Gasteiger partial charge in [0.25, 0.3) is 0 Å². The van der Waals surface area contributed by atoms with Gasteiger partial charge in [0, 0.05) is 32.0 Å². The zero-order valence-corrected chi connectivity index (χ0v) is 18.7. The van der Waals surface area contributed by atoms with E-state index in [2.05, 4.69) is 10.6 Å². The normalized spacial score (nSPS) is 16.4. The van der Waals surface area contributed by atoms with Gasteiger partial charge in [-0.05, 0) is 29.8 Å². The van der Waals surface area contributed by atoms with Crippen LogP contribution in [0.15, 0.2) is 52.3 Å². The molecule has 0 radical (unpaired) electrons. The zero-order valence-electron chi connectivity index (χ0n) is 17.1. The molecular formula is C20H20F3N3O4S2. The van der Waals surface area contributed by atoms with E-state index in [-0.39, 0.29) is 23.5 Å². The average Bonchev–Trinajstić information content (AvgIpc) is 2.71. The van der Waals surface area contributed by atoms with Crippen molar-refractivity contribution in [3.05, 3.63) is 53.6 Å². The quantitative estimate of drug-likeness (QED) is 0.653. The lowest BCUT2D eigenvalue weighted by molar-refractivity contribution is -0.137. The van der Waals surface area contributed by atoms with E-state index in [0.29, 0.717) is 10.5 Å². The van der Waals surface area contributed by atoms with Crippen LogP contribution in [0.5, 0.6) is 0 Å². The lowest BCUT2D eigenvalue weighted by Crippen LogP contribution is -2.35. The van der Waals surface area contributed by atoms with Crippen molar-refractivity contribution in [1.29, 1.82) is 0 Å². The third kappa shape index (κ3) is 5.25. The van der Waals surface area contributed by atoms with Crippen molar-refractivity contribution in [3.63, 3.8) is 0 Å². The van der Waals surface area contributed by atoms with Crippen LogP contribution in [0.2, 0.25) is 0 Å². The number of rotatable bonds is 6. The highest BCUT2D eigenvalue weighted by Crippen LogP contribution is 2.40. The molecule has 172 valence electrons. The maximum absolute atomic E-state index is 12.9. The standard InChI is InChI=1S/C20H20F3N3O4S2/c1-26(2)32(29,30)17-6-4-3-5-12(17)11-24-18(27)10-16-19(28)25-14-9-13(20(21,22)23)7-8-15(14)31-16/h3-9,16H,10-11H2,1-2H3,(H,24,27)(H,25,28). The monoisotopic (exact) mass is 487 g/mol. The topological polar surface area (TPSA) is 95.6 Å². The number of thioether (sulfide) groups is 1. The van der Waals surface area contributed by atoms with Crippen LogP contribution >= 0.6 is 11.8 Å². The smallest absolute Gasteiger partial charge is 0.352 e. The Morgan fingerprint density at radius 1 is 1.19 bits per heavy atom. The summed E-state index contributed by atoms with van der Waals surface area (Å²) in [5.74, 6) is -1.07. The van der Waals surface area contributed by atoms with Crippen molar-refractivity contribution >= 4 is 39.3 Å². The SMILES string of the molecule is CN(C)S(=O)(=O)c1ccccc1CNC(=O)CC1Sc2ccc(C(F)(F)F)cc2NC1=O. The first kappa shape index (κ1) is 24.1. The number of halogens is 3. The predicted molar refractivity (Wildman–Crippen MR) is 113 cm³/mol. The van der Waals surface area contributed by atoms with Crippen molar-refractivity contribution in [2.75, 3.05) is 19.4 Å². The van der Waals surface area contributed by atoms with Crippen molar-refractivity contribution in [2.45, 2.75) is 34.2 Å². The second-order valence-electron chi connectivity index (χ2n) is 7.18. The summed E-state index contributed by atoms with van der Waals surface area (Å²) in [5, 5.41) is 4.19. The number of benzene rings is 2. The minimum atomic E-state index is -4.53. The molecule has 1 atom stereocenters. The number of hydrogen-bond acceptors (Lipinski definition) is 5. The fourth-order valence-corrected chi connectivity index (χ4v) is 5.20. The van der Waals surface area contributed by atoms with Crippen LogP contribution in [0.4, 0.5) is 18.9 Å². The van der Waals surface area contributed by atoms with Gasteiger partial charge in [0.05, 0.1) is 21.4 Å². The number of hydrogen-bond donors (Lipinski definition) is 2. The Bertz CT molecular complexity index is 1150. The molecule has 0 aromatic heterocycles. The molecule has 0 saturated carbocycles. The minimum absolute atomic E-state index is 0.0503. The molecule has 1 aliphatic heterocycles. The summed E-state index contributed by atoms with van der Waals surface area (Å²) in [4.78, 5) is 25.2. The van der Waals surface area contributed by atoms with Gasteiger partial charge in [-0.1, -0.05) is 18.2 Å². The molecule has 2 amide bonds. The maximum Gasteiger partial charge on any atom is 0.416 e. The van der Waals surface area contributed by atoms with E-state index in [0.717, 1.165) is 28.2 Å². The van der Waals surface area contributed by atoms with Crippen LogP contribution in [0, 0.1) is 0 Å². The first-order valence-corrected chi connectivity index (χ1v) is 11.7. The Hall–Kier alpha value is -2.57. The Balaban J connectivity index is 1.67. The number of fused-ring (bicyclic) bond motifs is 1. The molecular weight excluding hydrogens is 467 g/mol. The molecule has 7 nitrogen and oxygen atoms in total. The Morgan fingerprint density at radius 2 is 1.88 bits per heavy atom. The maximum atomic E-state index is 12.9. The van der Waals surface area contributed by atoms with Gasteiger partial charge in [0.2, 0.25) is 21.8 Å². The van der Waals surface area contributed by atoms with Crippen LogP contribution in [0.1, 0.15) is 17.5 Å². The first-order chi connectivity index (χ1) is 14.9. The molecule has 1 unspecified atom stereocenters. The molecule has 0 aliphatic carbocycles. The lowest BCUT2D eigenvalue weighted by Gasteiger charge is -2.24. The fourth-order valence-electron chi connectivity index (χ4n) is 2.99. The Labute approximate surface area is 187 Å². The van der Waals surface area contributed by atoms with E-state index >= 15 is 0 Å². The van der Waals surface area contributed by atoms with Crippen LogP contribution in [-0.4, -0.2) is 43.9 Å². The van der Waals surface area contributed by atoms with Crippen molar-refractivity contribution < 1.29 is 31.2 Å². The Morgan fingerprint density at radius 3 is 2.53 bits per heavy atom. The summed E-state index contributed by atoms with van der Waals surface area (Å²) in [5.41, 5.74) is -0.436. The lowest BCUT2D eigenvalue weighted by atomic mass is 10.1. The molecule has 1 aliphatic rings. The highest BCUT2D eigenvalue weighted by molar-refractivity contribution is 8.01. The van der Waals surface area contributed by atoms with Gasteiger partial charge < -0.3 is 10.6 Å². The molecule has 1 heterocycles. The third-order valence-corrected chi connectivity index (χ3v) is 7.90. The molecule has 0 saturated heterocycles. The number of carbonyl (C=O) groups is 2. The number of nitrogens with one attached hydrogen (secondary N) is 2. The first-order valence-electron chi connectivity index (χ1n) is 9.35. The largest absolute Gasteiger partial charge is 0.416 e. The summed E-state index contributed by atoms with van der Waals surface area (Å²) in [6.07, 6.45) is -4.75. The van der Waals surface area contributed by atoms with E-state index < -0.39 is 38.8 Å². The van der Waals surface area contributed by atoms with E-state index in [1.807, 2.05) is 0 Å². The number of sulfonamides is 1. The second-order valence-corrected chi connectivity index (χ2v) is 10.5. The molecule has 3 rings (SSSR count). The minimum Gasteiger partial charge on any atom is -0.352 e. The van der Waals surface area contributed by atoms with E-state index in [9.17, 15) is 31.2 Å². The van der Waals surface area contributed by atoms with E-state index in [1.165, 1.54) is 26.2 Å². The summed E-state index contributed by atoms with van der Waals surface area (Å²) in [6.45, 7) is -0.0629. The Kier molecular flexibility index (Phi) is 6.86. The van der Waals surface area contributed by atoms with Gasteiger partial charge in [-0.15, -0.1) is 11.8 Å². The van der Waals surface area contributed by atoms with Crippen LogP contribution < -0.4 is 10.6 Å². The second kappa shape index (κ2) is 9.12. The molecule has 0 bridgehead atoms. The number of anilines is 1. The molecule has 2 aromatic carbocycles. The molecule has 2 N–H and O–H groups in total. The molecule has 12 heteroatoms. The van der Waals surface area contributed by atoms with Crippen molar-refractivity contribution in [2.24, 2.45) is 0 Å². The van der Waals surface area contributed by atoms with E-state index in [4.69, 9.17) is 0 Å². The molecule has 32 heavy (non-hydrogen) atoms. The number of amides is 2. The summed E-state index contributed by atoms with van der Waals surface area (Å²) in [7, 11) is -0.901. The summed E-state index contributed by atoms with van der Waals surface area (Å²) in [6, 6.07) is 9.27.